The Hall–Kier alpha value is -4.33. The summed E-state index contributed by atoms with van der Waals surface area (Å²) in [5, 5.41) is 2.99. The Balaban J connectivity index is 1.51. The molecule has 0 fully saturated rings. The maximum absolute atomic E-state index is 13.6. The Kier molecular flexibility index (Phi) is 9.20. The summed E-state index contributed by atoms with van der Waals surface area (Å²) >= 11 is 0. The summed E-state index contributed by atoms with van der Waals surface area (Å²) in [6.07, 6.45) is 3.20. The highest BCUT2D eigenvalue weighted by molar-refractivity contribution is 6.43. The smallest absolute Gasteiger partial charge is 0.295 e. The Labute approximate surface area is 228 Å². The molecule has 0 bridgehead atoms. The maximum atomic E-state index is 13.6. The number of carbonyl (C=O) groups is 3. The first kappa shape index (κ1) is 27.7. The first-order valence-electron chi connectivity index (χ1n) is 13.0. The van der Waals surface area contributed by atoms with Crippen LogP contribution in [0.4, 0.5) is 0 Å². The Morgan fingerprint density at radius 3 is 2.21 bits per heavy atom. The lowest BCUT2D eigenvalue weighted by molar-refractivity contribution is -0.138. The average Bonchev–Trinajstić information content (AvgIpc) is 2.99. The number of rotatable bonds is 11. The van der Waals surface area contributed by atoms with E-state index < -0.39 is 17.7 Å². The monoisotopic (exact) mass is 530 g/mol. The van der Waals surface area contributed by atoms with Crippen LogP contribution in [0.25, 0.3) is 0 Å². The molecule has 1 atom stereocenters. The summed E-state index contributed by atoms with van der Waals surface area (Å²) in [7, 11) is 4.34. The molecule has 0 aliphatic carbocycles. The minimum atomic E-state index is -0.900. The quantitative estimate of drug-likeness (QED) is 0.227. The molecule has 1 heterocycles. The van der Waals surface area contributed by atoms with Gasteiger partial charge in [-0.2, -0.15) is 0 Å². The van der Waals surface area contributed by atoms with E-state index in [1.165, 1.54) is 43.9 Å². The van der Waals surface area contributed by atoms with E-state index in [-0.39, 0.29) is 29.5 Å². The minimum absolute atomic E-state index is 0.0911. The molecule has 3 aromatic carbocycles. The van der Waals surface area contributed by atoms with Crippen LogP contribution in [0.3, 0.4) is 0 Å². The topological polar surface area (TPSA) is 94.2 Å². The molecule has 3 aromatic rings. The van der Waals surface area contributed by atoms with Crippen LogP contribution in [-0.4, -0.2) is 56.9 Å². The standard InChI is InChI=1S/C31H34N2O6/c1-37-25-19-23(20-26(38-2)29(25)39-3)28(34)31(36)33-18-16-22-14-7-8-15-24(22)27(33)30(35)32-17-10-9-13-21-11-5-4-6-12-21/h4-8,11-12,14-15,19-20,27H,9-10,13,16-18H2,1-3H3,(H,32,35). The first-order valence-corrected chi connectivity index (χ1v) is 13.0. The fraction of sp³-hybridized carbons (Fsp3) is 0.323. The van der Waals surface area contributed by atoms with Crippen molar-refractivity contribution in [1.82, 2.24) is 10.2 Å². The zero-order valence-corrected chi connectivity index (χ0v) is 22.6. The molecule has 8 nitrogen and oxygen atoms in total. The van der Waals surface area contributed by atoms with Gasteiger partial charge in [0.1, 0.15) is 6.04 Å². The van der Waals surface area contributed by atoms with Crippen LogP contribution in [0.2, 0.25) is 0 Å². The van der Waals surface area contributed by atoms with Gasteiger partial charge in [0.25, 0.3) is 11.7 Å². The van der Waals surface area contributed by atoms with Gasteiger partial charge in [0.2, 0.25) is 11.7 Å². The van der Waals surface area contributed by atoms with Gasteiger partial charge in [0, 0.05) is 18.7 Å². The molecule has 0 saturated carbocycles. The Morgan fingerprint density at radius 1 is 0.872 bits per heavy atom. The third-order valence-electron chi connectivity index (χ3n) is 6.95. The van der Waals surface area contributed by atoms with E-state index in [0.29, 0.717) is 18.7 Å². The number of aryl methyl sites for hydroxylation is 1. The number of unbranched alkanes of at least 4 members (excludes halogenated alkanes) is 1. The Morgan fingerprint density at radius 2 is 1.54 bits per heavy atom. The van der Waals surface area contributed by atoms with E-state index in [1.54, 1.807) is 0 Å². The number of amides is 2. The number of hydrogen-bond donors (Lipinski definition) is 1. The van der Waals surface area contributed by atoms with Crippen molar-refractivity contribution < 1.29 is 28.6 Å². The van der Waals surface area contributed by atoms with Gasteiger partial charge >= 0.3 is 0 Å². The fourth-order valence-corrected chi connectivity index (χ4v) is 4.94. The van der Waals surface area contributed by atoms with Gasteiger partial charge in [-0.25, -0.2) is 0 Å². The maximum Gasteiger partial charge on any atom is 0.295 e. The van der Waals surface area contributed by atoms with Gasteiger partial charge in [-0.1, -0.05) is 54.6 Å². The molecule has 0 spiro atoms. The van der Waals surface area contributed by atoms with Crippen LogP contribution in [0, 0.1) is 0 Å². The predicted octanol–water partition coefficient (Wildman–Crippen LogP) is 4.16. The fourth-order valence-electron chi connectivity index (χ4n) is 4.94. The molecule has 204 valence electrons. The van der Waals surface area contributed by atoms with E-state index in [1.807, 2.05) is 42.5 Å². The van der Waals surface area contributed by atoms with Crippen LogP contribution in [0.1, 0.15) is 45.9 Å². The zero-order valence-electron chi connectivity index (χ0n) is 22.6. The molecule has 4 rings (SSSR count). The van der Waals surface area contributed by atoms with E-state index in [9.17, 15) is 14.4 Å². The molecular formula is C31H34N2O6. The molecule has 1 N–H and O–H groups in total. The highest BCUT2D eigenvalue weighted by Gasteiger charge is 2.38. The molecule has 2 amide bonds. The summed E-state index contributed by atoms with van der Waals surface area (Å²) in [5.74, 6) is -0.964. The van der Waals surface area contributed by atoms with Gasteiger partial charge in [0.15, 0.2) is 11.5 Å². The van der Waals surface area contributed by atoms with Crippen molar-refractivity contribution in [2.24, 2.45) is 0 Å². The molecule has 8 heteroatoms. The van der Waals surface area contributed by atoms with Crippen LogP contribution in [0.15, 0.2) is 66.7 Å². The molecule has 0 radical (unpaired) electrons. The normalized spacial score (nSPS) is 14.2. The molecule has 1 aliphatic heterocycles. The van der Waals surface area contributed by atoms with Crippen LogP contribution >= 0.6 is 0 Å². The van der Waals surface area contributed by atoms with E-state index in [0.717, 1.165) is 30.4 Å². The second kappa shape index (κ2) is 13.0. The number of ether oxygens (including phenoxy) is 3. The summed E-state index contributed by atoms with van der Waals surface area (Å²) in [6, 6.07) is 19.7. The second-order valence-corrected chi connectivity index (χ2v) is 9.33. The van der Waals surface area contributed by atoms with Gasteiger partial charge in [-0.05, 0) is 54.5 Å². The second-order valence-electron chi connectivity index (χ2n) is 9.33. The number of hydrogen-bond acceptors (Lipinski definition) is 6. The van der Waals surface area contributed by atoms with Crippen LogP contribution in [-0.2, 0) is 22.4 Å². The lowest BCUT2D eigenvalue weighted by Gasteiger charge is -2.36. The SMILES string of the molecule is COc1cc(C(=O)C(=O)N2CCc3ccccc3C2C(=O)NCCCCc2ccccc2)cc(OC)c1OC. The summed E-state index contributed by atoms with van der Waals surface area (Å²) in [4.78, 5) is 41.9. The third-order valence-corrected chi connectivity index (χ3v) is 6.95. The number of benzene rings is 3. The van der Waals surface area contributed by atoms with Crippen LogP contribution in [0.5, 0.6) is 17.2 Å². The molecule has 1 unspecified atom stereocenters. The lowest BCUT2D eigenvalue weighted by atomic mass is 9.91. The number of Topliss-reactive ketones (excluding diaryl/α,β-unsaturated/α-hetero) is 1. The molecular weight excluding hydrogens is 496 g/mol. The van der Waals surface area contributed by atoms with Gasteiger partial charge in [0.05, 0.1) is 21.3 Å². The first-order chi connectivity index (χ1) is 19.0. The lowest BCUT2D eigenvalue weighted by Crippen LogP contribution is -2.49. The number of ketones is 1. The Bertz CT molecular complexity index is 1300. The van der Waals surface area contributed by atoms with Crippen molar-refractivity contribution in [3.8, 4) is 17.2 Å². The largest absolute Gasteiger partial charge is 0.493 e. The third kappa shape index (κ3) is 6.22. The minimum Gasteiger partial charge on any atom is -0.493 e. The van der Waals surface area contributed by atoms with Gasteiger partial charge < -0.3 is 24.4 Å². The number of nitrogens with zero attached hydrogens (tertiary/aromatic N) is 1. The van der Waals surface area contributed by atoms with Gasteiger partial charge in [-0.15, -0.1) is 0 Å². The van der Waals surface area contributed by atoms with Crippen molar-refractivity contribution >= 4 is 17.6 Å². The number of carbonyl (C=O) groups excluding carboxylic acids is 3. The van der Waals surface area contributed by atoms with Crippen molar-refractivity contribution in [1.29, 1.82) is 0 Å². The summed E-state index contributed by atoms with van der Waals surface area (Å²) in [5.41, 5.74) is 3.07. The number of methoxy groups -OCH3 is 3. The summed E-state index contributed by atoms with van der Waals surface area (Å²) in [6.45, 7) is 0.727. The highest BCUT2D eigenvalue weighted by Crippen LogP contribution is 2.39. The van der Waals surface area contributed by atoms with Crippen LogP contribution < -0.4 is 19.5 Å². The number of fused-ring (bicyclic) bond motifs is 1. The number of nitrogens with one attached hydrogen (secondary N) is 1. The van der Waals surface area contributed by atoms with E-state index in [2.05, 4.69) is 17.4 Å². The molecule has 0 aromatic heterocycles. The van der Waals surface area contributed by atoms with E-state index in [4.69, 9.17) is 14.2 Å². The van der Waals surface area contributed by atoms with Gasteiger partial charge in [-0.3, -0.25) is 14.4 Å². The predicted molar refractivity (Wildman–Crippen MR) is 147 cm³/mol. The molecule has 39 heavy (non-hydrogen) atoms. The zero-order chi connectivity index (χ0) is 27.8. The van der Waals surface area contributed by atoms with E-state index >= 15 is 0 Å². The average molecular weight is 531 g/mol. The highest BCUT2D eigenvalue weighted by atomic mass is 16.5. The summed E-state index contributed by atoms with van der Waals surface area (Å²) < 4.78 is 16.0. The van der Waals surface area contributed by atoms with Crippen molar-refractivity contribution in [2.45, 2.75) is 31.7 Å². The van der Waals surface area contributed by atoms with Crippen molar-refractivity contribution in [3.05, 3.63) is 89.0 Å². The van der Waals surface area contributed by atoms with Crippen molar-refractivity contribution in [3.63, 3.8) is 0 Å². The molecule has 1 aliphatic rings. The van der Waals surface area contributed by atoms with Crippen molar-refractivity contribution in [2.75, 3.05) is 34.4 Å². The molecule has 0 saturated heterocycles.